The fourth-order valence-electron chi connectivity index (χ4n) is 1.06. The Bertz CT molecular complexity index is 330. The molecule has 0 spiro atoms. The summed E-state index contributed by atoms with van der Waals surface area (Å²) in [5, 5.41) is -3.47. The van der Waals surface area contributed by atoms with Crippen LogP contribution in [0.3, 0.4) is 0 Å². The van der Waals surface area contributed by atoms with Gasteiger partial charge in [0.2, 0.25) is 0 Å². The van der Waals surface area contributed by atoms with Gasteiger partial charge in [0.15, 0.2) is 5.76 Å². The molecule has 0 atom stereocenters. The second kappa shape index (κ2) is 5.12. The standard InChI is InChI=1S/C11H11ClF2O/c1-2-15-10(11(12,13)14)8-9-6-4-3-5-7-9/h3-8H,2H2,1H3/b10-8-. The maximum atomic E-state index is 12.8. The highest BCUT2D eigenvalue weighted by molar-refractivity contribution is 6.23. The van der Waals surface area contributed by atoms with Gasteiger partial charge < -0.3 is 4.74 Å². The van der Waals surface area contributed by atoms with E-state index in [0.717, 1.165) is 0 Å². The maximum absolute atomic E-state index is 12.8. The first-order valence-corrected chi connectivity index (χ1v) is 4.88. The lowest BCUT2D eigenvalue weighted by Crippen LogP contribution is -2.13. The zero-order chi connectivity index (χ0) is 11.3. The molecule has 0 aliphatic rings. The van der Waals surface area contributed by atoms with Crippen LogP contribution in [0, 0.1) is 0 Å². The topological polar surface area (TPSA) is 9.23 Å². The van der Waals surface area contributed by atoms with Crippen LogP contribution >= 0.6 is 11.6 Å². The third kappa shape index (κ3) is 3.88. The Morgan fingerprint density at radius 1 is 1.40 bits per heavy atom. The molecule has 1 aromatic rings. The van der Waals surface area contributed by atoms with Gasteiger partial charge in [-0.3, -0.25) is 0 Å². The highest BCUT2D eigenvalue weighted by Gasteiger charge is 2.32. The predicted molar refractivity (Wildman–Crippen MR) is 56.8 cm³/mol. The Kier molecular flexibility index (Phi) is 4.09. The van der Waals surface area contributed by atoms with Crippen molar-refractivity contribution in [2.75, 3.05) is 6.61 Å². The number of allylic oxidation sites excluding steroid dienone is 1. The molecule has 1 rings (SSSR count). The van der Waals surface area contributed by atoms with E-state index in [1.54, 1.807) is 37.3 Å². The van der Waals surface area contributed by atoms with Crippen LogP contribution < -0.4 is 0 Å². The largest absolute Gasteiger partial charge is 0.491 e. The summed E-state index contributed by atoms with van der Waals surface area (Å²) >= 11 is 4.90. The predicted octanol–water partition coefficient (Wildman–Crippen LogP) is 3.90. The molecule has 0 fully saturated rings. The van der Waals surface area contributed by atoms with Crippen molar-refractivity contribution in [3.8, 4) is 0 Å². The van der Waals surface area contributed by atoms with E-state index in [1.165, 1.54) is 6.08 Å². The van der Waals surface area contributed by atoms with Crippen LogP contribution in [0.5, 0.6) is 0 Å². The summed E-state index contributed by atoms with van der Waals surface area (Å²) in [4.78, 5) is 0. The Balaban J connectivity index is 2.94. The molecule has 1 aromatic carbocycles. The quantitative estimate of drug-likeness (QED) is 0.565. The van der Waals surface area contributed by atoms with E-state index in [4.69, 9.17) is 16.3 Å². The molecule has 4 heteroatoms. The molecule has 0 saturated carbocycles. The molecule has 0 saturated heterocycles. The zero-order valence-electron chi connectivity index (χ0n) is 8.21. The molecular weight excluding hydrogens is 222 g/mol. The second-order valence-corrected chi connectivity index (χ2v) is 3.32. The van der Waals surface area contributed by atoms with Gasteiger partial charge in [-0.25, -0.2) is 0 Å². The minimum absolute atomic E-state index is 0.154. The Morgan fingerprint density at radius 3 is 2.47 bits per heavy atom. The number of rotatable bonds is 4. The lowest BCUT2D eigenvalue weighted by Gasteiger charge is -2.13. The van der Waals surface area contributed by atoms with Gasteiger partial charge in [-0.2, -0.15) is 8.78 Å². The molecule has 1 nitrogen and oxygen atoms in total. The van der Waals surface area contributed by atoms with E-state index in [2.05, 4.69) is 0 Å². The van der Waals surface area contributed by atoms with Gasteiger partial charge in [0, 0.05) is 0 Å². The lowest BCUT2D eigenvalue weighted by atomic mass is 10.2. The van der Waals surface area contributed by atoms with Gasteiger partial charge in [0.05, 0.1) is 6.61 Å². The van der Waals surface area contributed by atoms with Gasteiger partial charge in [-0.1, -0.05) is 30.3 Å². The SMILES string of the molecule is CCO/C(=C\c1ccccc1)C(F)(F)Cl. The second-order valence-electron chi connectivity index (χ2n) is 2.85. The third-order valence-corrected chi connectivity index (χ3v) is 1.86. The van der Waals surface area contributed by atoms with Crippen molar-refractivity contribution in [3.05, 3.63) is 41.7 Å². The van der Waals surface area contributed by atoms with Crippen molar-refractivity contribution < 1.29 is 13.5 Å². The highest BCUT2D eigenvalue weighted by Crippen LogP contribution is 2.30. The summed E-state index contributed by atoms with van der Waals surface area (Å²) in [7, 11) is 0. The fraction of sp³-hybridized carbons (Fsp3) is 0.273. The molecule has 0 aliphatic heterocycles. The van der Waals surface area contributed by atoms with Gasteiger partial charge in [-0.15, -0.1) is 0 Å². The number of ether oxygens (including phenoxy) is 1. The average Bonchev–Trinajstić information content (AvgIpc) is 2.17. The summed E-state index contributed by atoms with van der Waals surface area (Å²) in [5.41, 5.74) is 0.626. The molecule has 15 heavy (non-hydrogen) atoms. The van der Waals surface area contributed by atoms with Crippen molar-refractivity contribution in [1.82, 2.24) is 0 Å². The van der Waals surface area contributed by atoms with E-state index in [0.29, 0.717) is 5.56 Å². The van der Waals surface area contributed by atoms with Gasteiger partial charge in [-0.05, 0) is 30.2 Å². The number of hydrogen-bond acceptors (Lipinski definition) is 1. The Morgan fingerprint density at radius 2 is 2.00 bits per heavy atom. The van der Waals surface area contributed by atoms with Crippen LogP contribution in [0.4, 0.5) is 8.78 Å². The summed E-state index contributed by atoms with van der Waals surface area (Å²) < 4.78 is 30.5. The van der Waals surface area contributed by atoms with E-state index in [9.17, 15) is 8.78 Å². The Hall–Kier alpha value is -1.09. The van der Waals surface area contributed by atoms with Gasteiger partial charge in [0.1, 0.15) is 0 Å². The first-order chi connectivity index (χ1) is 7.04. The maximum Gasteiger partial charge on any atom is 0.379 e. The fourth-order valence-corrected chi connectivity index (χ4v) is 1.17. The molecule has 82 valence electrons. The molecule has 0 heterocycles. The molecule has 0 radical (unpaired) electrons. The minimum Gasteiger partial charge on any atom is -0.491 e. The first kappa shape index (κ1) is 12.0. The molecule has 0 amide bonds. The van der Waals surface area contributed by atoms with E-state index < -0.39 is 11.1 Å². The summed E-state index contributed by atoms with van der Waals surface area (Å²) in [6.07, 6.45) is 1.23. The summed E-state index contributed by atoms with van der Waals surface area (Å²) in [6, 6.07) is 8.70. The number of hydrogen-bond donors (Lipinski definition) is 0. The zero-order valence-corrected chi connectivity index (χ0v) is 8.97. The minimum atomic E-state index is -3.47. The normalized spacial score (nSPS) is 12.7. The smallest absolute Gasteiger partial charge is 0.379 e. The van der Waals surface area contributed by atoms with Gasteiger partial charge >= 0.3 is 5.38 Å². The van der Waals surface area contributed by atoms with Gasteiger partial charge in [0.25, 0.3) is 0 Å². The first-order valence-electron chi connectivity index (χ1n) is 4.50. The van der Waals surface area contributed by atoms with Crippen molar-refractivity contribution in [2.45, 2.75) is 12.3 Å². The monoisotopic (exact) mass is 232 g/mol. The molecule has 0 N–H and O–H groups in total. The molecule has 0 aliphatic carbocycles. The number of alkyl halides is 3. The Labute approximate surface area is 92.3 Å². The van der Waals surface area contributed by atoms with Crippen molar-refractivity contribution >= 4 is 17.7 Å². The van der Waals surface area contributed by atoms with Crippen LogP contribution in [-0.4, -0.2) is 12.0 Å². The van der Waals surface area contributed by atoms with Crippen LogP contribution in [0.1, 0.15) is 12.5 Å². The molecular formula is C11H11ClF2O. The van der Waals surface area contributed by atoms with Crippen molar-refractivity contribution in [2.24, 2.45) is 0 Å². The number of benzene rings is 1. The molecule has 0 unspecified atom stereocenters. The molecule has 0 aromatic heterocycles. The van der Waals surface area contributed by atoms with Crippen LogP contribution in [0.2, 0.25) is 0 Å². The van der Waals surface area contributed by atoms with Crippen molar-refractivity contribution in [1.29, 1.82) is 0 Å². The third-order valence-electron chi connectivity index (χ3n) is 1.68. The van der Waals surface area contributed by atoms with Crippen LogP contribution in [-0.2, 0) is 4.74 Å². The van der Waals surface area contributed by atoms with Crippen molar-refractivity contribution in [3.63, 3.8) is 0 Å². The lowest BCUT2D eigenvalue weighted by molar-refractivity contribution is 0.0550. The van der Waals surface area contributed by atoms with E-state index in [1.807, 2.05) is 0 Å². The summed E-state index contributed by atoms with van der Waals surface area (Å²) in [5.74, 6) is -0.530. The van der Waals surface area contributed by atoms with E-state index >= 15 is 0 Å². The summed E-state index contributed by atoms with van der Waals surface area (Å²) in [6.45, 7) is 1.78. The van der Waals surface area contributed by atoms with Crippen LogP contribution in [0.15, 0.2) is 36.1 Å². The van der Waals surface area contributed by atoms with Crippen LogP contribution in [0.25, 0.3) is 6.08 Å². The number of halogens is 3. The average molecular weight is 233 g/mol. The molecule has 0 bridgehead atoms. The van der Waals surface area contributed by atoms with E-state index in [-0.39, 0.29) is 6.61 Å². The highest BCUT2D eigenvalue weighted by atomic mass is 35.5.